The van der Waals surface area contributed by atoms with Crippen molar-refractivity contribution in [3.63, 3.8) is 0 Å². The third-order valence-electron chi connectivity index (χ3n) is 3.57. The second-order valence-electron chi connectivity index (χ2n) is 5.18. The molecule has 0 amide bonds. The molecule has 0 aliphatic carbocycles. The van der Waals surface area contributed by atoms with Crippen LogP contribution >= 0.6 is 0 Å². The maximum absolute atomic E-state index is 5.11. The van der Waals surface area contributed by atoms with Crippen molar-refractivity contribution < 1.29 is 4.84 Å². The molecule has 0 aliphatic rings. The van der Waals surface area contributed by atoms with Crippen molar-refractivity contribution in [3.8, 4) is 0 Å². The van der Waals surface area contributed by atoms with Gasteiger partial charge < -0.3 is 4.84 Å². The lowest BCUT2D eigenvalue weighted by atomic mass is 9.96. The number of hydrazine groups is 1. The first-order valence-corrected chi connectivity index (χ1v) is 7.70. The molecule has 2 aromatic rings. The van der Waals surface area contributed by atoms with Gasteiger partial charge in [0.25, 0.3) is 0 Å². The second kappa shape index (κ2) is 9.33. The van der Waals surface area contributed by atoms with E-state index in [0.29, 0.717) is 6.61 Å². The molecular weight excluding hydrogens is 274 g/mol. The summed E-state index contributed by atoms with van der Waals surface area (Å²) in [6.45, 7) is 3.68. The SMILES string of the molecule is CNOCCCNNC(c1ccccc1)c1ccccc1C. The molecule has 0 heterocycles. The van der Waals surface area contributed by atoms with Crippen molar-refractivity contribution >= 4 is 0 Å². The Morgan fingerprint density at radius 1 is 1.00 bits per heavy atom. The van der Waals surface area contributed by atoms with Gasteiger partial charge in [0, 0.05) is 13.6 Å². The van der Waals surface area contributed by atoms with E-state index in [-0.39, 0.29) is 6.04 Å². The summed E-state index contributed by atoms with van der Waals surface area (Å²) in [4.78, 5) is 5.11. The Morgan fingerprint density at radius 2 is 1.73 bits per heavy atom. The van der Waals surface area contributed by atoms with Gasteiger partial charge in [0.2, 0.25) is 0 Å². The molecule has 0 aromatic heterocycles. The van der Waals surface area contributed by atoms with E-state index in [1.807, 2.05) is 6.07 Å². The van der Waals surface area contributed by atoms with Crippen LogP contribution in [0, 0.1) is 6.92 Å². The van der Waals surface area contributed by atoms with E-state index < -0.39 is 0 Å². The minimum atomic E-state index is 0.132. The lowest BCUT2D eigenvalue weighted by molar-refractivity contribution is 0.0558. The Balaban J connectivity index is 2.02. The van der Waals surface area contributed by atoms with Crippen LogP contribution in [0.4, 0.5) is 0 Å². The van der Waals surface area contributed by atoms with Gasteiger partial charge in [-0.3, -0.25) is 5.43 Å². The number of nitrogens with one attached hydrogen (secondary N) is 3. The Labute approximate surface area is 132 Å². The smallest absolute Gasteiger partial charge is 0.0715 e. The Kier molecular flexibility index (Phi) is 7.06. The van der Waals surface area contributed by atoms with Crippen molar-refractivity contribution in [2.45, 2.75) is 19.4 Å². The average molecular weight is 299 g/mol. The molecule has 4 heteroatoms. The van der Waals surface area contributed by atoms with Crippen molar-refractivity contribution in [1.82, 2.24) is 16.3 Å². The van der Waals surface area contributed by atoms with Gasteiger partial charge in [-0.25, -0.2) is 10.9 Å². The summed E-state index contributed by atoms with van der Waals surface area (Å²) in [7, 11) is 1.77. The number of benzene rings is 2. The van der Waals surface area contributed by atoms with E-state index in [9.17, 15) is 0 Å². The average Bonchev–Trinajstić information content (AvgIpc) is 2.56. The maximum atomic E-state index is 5.11. The molecule has 2 aromatic carbocycles. The molecule has 0 radical (unpaired) electrons. The molecule has 0 saturated heterocycles. The molecule has 0 spiro atoms. The Morgan fingerprint density at radius 3 is 2.45 bits per heavy atom. The van der Waals surface area contributed by atoms with Gasteiger partial charge in [-0.1, -0.05) is 54.6 Å². The summed E-state index contributed by atoms with van der Waals surface area (Å²) >= 11 is 0. The highest BCUT2D eigenvalue weighted by molar-refractivity contribution is 5.36. The Hall–Kier alpha value is -1.72. The zero-order valence-electron chi connectivity index (χ0n) is 13.3. The third kappa shape index (κ3) is 4.93. The fourth-order valence-electron chi connectivity index (χ4n) is 2.41. The summed E-state index contributed by atoms with van der Waals surface area (Å²) in [5.41, 5.74) is 13.2. The van der Waals surface area contributed by atoms with Gasteiger partial charge in [0.1, 0.15) is 0 Å². The minimum absolute atomic E-state index is 0.132. The van der Waals surface area contributed by atoms with E-state index in [2.05, 4.69) is 71.8 Å². The zero-order valence-corrected chi connectivity index (χ0v) is 13.3. The minimum Gasteiger partial charge on any atom is -0.302 e. The number of rotatable bonds is 9. The van der Waals surface area contributed by atoms with Crippen LogP contribution in [0.5, 0.6) is 0 Å². The largest absolute Gasteiger partial charge is 0.302 e. The zero-order chi connectivity index (χ0) is 15.6. The van der Waals surface area contributed by atoms with E-state index in [0.717, 1.165) is 13.0 Å². The van der Waals surface area contributed by atoms with Crippen LogP contribution in [0.3, 0.4) is 0 Å². The lowest BCUT2D eigenvalue weighted by Gasteiger charge is -2.22. The molecule has 4 nitrogen and oxygen atoms in total. The first-order valence-electron chi connectivity index (χ1n) is 7.70. The summed E-state index contributed by atoms with van der Waals surface area (Å²) in [5.74, 6) is 0. The van der Waals surface area contributed by atoms with Crippen LogP contribution < -0.4 is 16.3 Å². The number of hydroxylamine groups is 1. The summed E-state index contributed by atoms with van der Waals surface area (Å²) in [6, 6.07) is 19.1. The van der Waals surface area contributed by atoms with E-state index in [1.165, 1.54) is 16.7 Å². The maximum Gasteiger partial charge on any atom is 0.0715 e. The summed E-state index contributed by atoms with van der Waals surface area (Å²) < 4.78 is 0. The van der Waals surface area contributed by atoms with Gasteiger partial charge in [-0.05, 0) is 30.0 Å². The standard InChI is InChI=1S/C18H25N3O/c1-15-9-6-7-12-17(15)18(16-10-4-3-5-11-16)21-20-13-8-14-22-19-2/h3-7,9-12,18-21H,8,13-14H2,1-2H3. The number of hydrogen-bond donors (Lipinski definition) is 3. The van der Waals surface area contributed by atoms with Crippen molar-refractivity contribution in [3.05, 3.63) is 71.3 Å². The molecule has 0 bridgehead atoms. The van der Waals surface area contributed by atoms with E-state index in [4.69, 9.17) is 4.84 Å². The first-order chi connectivity index (χ1) is 10.8. The molecule has 0 fully saturated rings. The van der Waals surface area contributed by atoms with Crippen LogP contribution in [-0.4, -0.2) is 20.2 Å². The molecule has 3 N–H and O–H groups in total. The van der Waals surface area contributed by atoms with Crippen LogP contribution in [0.1, 0.15) is 29.2 Å². The van der Waals surface area contributed by atoms with Crippen molar-refractivity contribution in [2.24, 2.45) is 0 Å². The highest BCUT2D eigenvalue weighted by atomic mass is 16.6. The number of hydrogen-bond acceptors (Lipinski definition) is 4. The van der Waals surface area contributed by atoms with Gasteiger partial charge in [-0.15, -0.1) is 0 Å². The topological polar surface area (TPSA) is 45.3 Å². The molecular formula is C18H25N3O. The van der Waals surface area contributed by atoms with Gasteiger partial charge >= 0.3 is 0 Å². The highest BCUT2D eigenvalue weighted by Gasteiger charge is 2.14. The van der Waals surface area contributed by atoms with Crippen LogP contribution in [0.25, 0.3) is 0 Å². The van der Waals surface area contributed by atoms with Gasteiger partial charge in [0.15, 0.2) is 0 Å². The molecule has 22 heavy (non-hydrogen) atoms. The van der Waals surface area contributed by atoms with Crippen molar-refractivity contribution in [2.75, 3.05) is 20.2 Å². The second-order valence-corrected chi connectivity index (χ2v) is 5.18. The predicted octanol–water partition coefficient (Wildman–Crippen LogP) is 2.72. The molecule has 2 rings (SSSR count). The lowest BCUT2D eigenvalue weighted by Crippen LogP contribution is -2.37. The summed E-state index contributed by atoms with van der Waals surface area (Å²) in [6.07, 6.45) is 0.934. The van der Waals surface area contributed by atoms with Crippen molar-refractivity contribution in [1.29, 1.82) is 0 Å². The van der Waals surface area contributed by atoms with E-state index in [1.54, 1.807) is 7.05 Å². The molecule has 0 aliphatic heterocycles. The fraction of sp³-hybridized carbons (Fsp3) is 0.333. The highest BCUT2D eigenvalue weighted by Crippen LogP contribution is 2.23. The monoisotopic (exact) mass is 299 g/mol. The first kappa shape index (κ1) is 16.6. The fourth-order valence-corrected chi connectivity index (χ4v) is 2.41. The van der Waals surface area contributed by atoms with Crippen LogP contribution in [0.15, 0.2) is 54.6 Å². The third-order valence-corrected chi connectivity index (χ3v) is 3.57. The van der Waals surface area contributed by atoms with Crippen LogP contribution in [-0.2, 0) is 4.84 Å². The predicted molar refractivity (Wildman–Crippen MR) is 90.2 cm³/mol. The Bertz CT molecular complexity index is 545. The molecule has 1 atom stereocenters. The van der Waals surface area contributed by atoms with E-state index >= 15 is 0 Å². The summed E-state index contributed by atoms with van der Waals surface area (Å²) in [5, 5.41) is 0. The number of aryl methyl sites for hydroxylation is 1. The quantitative estimate of drug-likeness (QED) is 0.492. The van der Waals surface area contributed by atoms with Gasteiger partial charge in [0.05, 0.1) is 12.6 Å². The molecule has 118 valence electrons. The molecule has 1 unspecified atom stereocenters. The normalized spacial score (nSPS) is 12.3. The van der Waals surface area contributed by atoms with Gasteiger partial charge in [-0.2, -0.15) is 0 Å². The molecule has 0 saturated carbocycles. The van der Waals surface area contributed by atoms with Crippen LogP contribution in [0.2, 0.25) is 0 Å².